The van der Waals surface area contributed by atoms with Gasteiger partial charge in [0.2, 0.25) is 5.82 Å². The second-order valence-electron chi connectivity index (χ2n) is 4.86. The fourth-order valence-electron chi connectivity index (χ4n) is 2.07. The molecule has 0 aromatic carbocycles. The van der Waals surface area contributed by atoms with Gasteiger partial charge >= 0.3 is 5.69 Å². The standard InChI is InChI=1S/C12H17N3O4/c1-8-5-10(15(17)18)11(13-6-8)14-7-12(16)3-4-19-9(12)2/h5-6,9,16H,3-4,7H2,1-2H3,(H,13,14). The van der Waals surface area contributed by atoms with Crippen molar-refractivity contribution in [3.05, 3.63) is 27.9 Å². The van der Waals surface area contributed by atoms with Crippen LogP contribution in [0, 0.1) is 17.0 Å². The second-order valence-corrected chi connectivity index (χ2v) is 4.86. The maximum absolute atomic E-state index is 11.0. The van der Waals surface area contributed by atoms with Gasteiger partial charge < -0.3 is 15.2 Å². The number of aliphatic hydroxyl groups is 1. The maximum Gasteiger partial charge on any atom is 0.311 e. The summed E-state index contributed by atoms with van der Waals surface area (Å²) in [6, 6.07) is 1.45. The lowest BCUT2D eigenvalue weighted by atomic mass is 9.97. The zero-order valence-electron chi connectivity index (χ0n) is 10.9. The predicted molar refractivity (Wildman–Crippen MR) is 69.1 cm³/mol. The summed E-state index contributed by atoms with van der Waals surface area (Å²) >= 11 is 0. The summed E-state index contributed by atoms with van der Waals surface area (Å²) in [5.74, 6) is 0.170. The van der Waals surface area contributed by atoms with Crippen LogP contribution in [0.4, 0.5) is 11.5 Å². The summed E-state index contributed by atoms with van der Waals surface area (Å²) in [5.41, 5.74) is -0.385. The third-order valence-electron chi connectivity index (χ3n) is 3.42. The number of hydrogen-bond acceptors (Lipinski definition) is 6. The quantitative estimate of drug-likeness (QED) is 0.629. The van der Waals surface area contributed by atoms with E-state index in [0.717, 1.165) is 0 Å². The molecule has 0 bridgehead atoms. The van der Waals surface area contributed by atoms with Crippen LogP contribution in [-0.4, -0.2) is 39.9 Å². The number of nitrogens with one attached hydrogen (secondary N) is 1. The van der Waals surface area contributed by atoms with E-state index in [4.69, 9.17) is 4.74 Å². The Kier molecular flexibility index (Phi) is 3.68. The molecule has 1 aromatic rings. The first-order valence-corrected chi connectivity index (χ1v) is 6.11. The highest BCUT2D eigenvalue weighted by Gasteiger charge is 2.39. The predicted octanol–water partition coefficient (Wildman–Crippen LogP) is 1.25. The Labute approximate surface area is 110 Å². The Morgan fingerprint density at radius 2 is 2.47 bits per heavy atom. The molecule has 0 aliphatic carbocycles. The van der Waals surface area contributed by atoms with Crippen LogP contribution >= 0.6 is 0 Å². The van der Waals surface area contributed by atoms with E-state index < -0.39 is 10.5 Å². The van der Waals surface area contributed by atoms with Gasteiger partial charge in [-0.15, -0.1) is 0 Å². The molecule has 0 saturated carbocycles. The molecule has 2 N–H and O–H groups in total. The highest BCUT2D eigenvalue weighted by atomic mass is 16.6. The molecule has 19 heavy (non-hydrogen) atoms. The first kappa shape index (κ1) is 13.7. The molecular formula is C12H17N3O4. The summed E-state index contributed by atoms with van der Waals surface area (Å²) in [4.78, 5) is 14.5. The molecule has 7 nitrogen and oxygen atoms in total. The topological polar surface area (TPSA) is 97.5 Å². The van der Waals surface area contributed by atoms with Gasteiger partial charge in [-0.1, -0.05) is 0 Å². The Morgan fingerprint density at radius 1 is 1.74 bits per heavy atom. The largest absolute Gasteiger partial charge is 0.385 e. The fourth-order valence-corrected chi connectivity index (χ4v) is 2.07. The minimum absolute atomic E-state index is 0.0878. The normalized spacial score (nSPS) is 26.4. The lowest BCUT2D eigenvalue weighted by Gasteiger charge is -2.26. The van der Waals surface area contributed by atoms with E-state index in [1.807, 2.05) is 0 Å². The van der Waals surface area contributed by atoms with Crippen LogP contribution < -0.4 is 5.32 Å². The minimum atomic E-state index is -1.01. The smallest absolute Gasteiger partial charge is 0.311 e. The van der Waals surface area contributed by atoms with Crippen molar-refractivity contribution in [2.75, 3.05) is 18.5 Å². The van der Waals surface area contributed by atoms with Gasteiger partial charge in [-0.3, -0.25) is 10.1 Å². The van der Waals surface area contributed by atoms with Gasteiger partial charge in [0.15, 0.2) is 0 Å². The van der Waals surface area contributed by atoms with Crippen molar-refractivity contribution in [3.63, 3.8) is 0 Å². The first-order chi connectivity index (χ1) is 8.92. The van der Waals surface area contributed by atoms with E-state index in [1.165, 1.54) is 6.07 Å². The molecule has 2 atom stereocenters. The molecular weight excluding hydrogens is 250 g/mol. The van der Waals surface area contributed by atoms with E-state index in [9.17, 15) is 15.2 Å². The van der Waals surface area contributed by atoms with Gasteiger partial charge in [0, 0.05) is 31.8 Å². The van der Waals surface area contributed by atoms with Gasteiger partial charge in [-0.05, 0) is 19.4 Å². The number of ether oxygens (including phenoxy) is 1. The van der Waals surface area contributed by atoms with Crippen LogP contribution in [0.2, 0.25) is 0 Å². The number of hydrogen-bond donors (Lipinski definition) is 2. The molecule has 0 radical (unpaired) electrons. The van der Waals surface area contributed by atoms with Gasteiger partial charge in [-0.25, -0.2) is 4.98 Å². The number of anilines is 1. The summed E-state index contributed by atoms with van der Waals surface area (Å²) in [5, 5.41) is 24.1. The van der Waals surface area contributed by atoms with E-state index in [2.05, 4.69) is 10.3 Å². The van der Waals surface area contributed by atoms with Gasteiger partial charge in [-0.2, -0.15) is 0 Å². The van der Waals surface area contributed by atoms with Crippen LogP contribution in [0.5, 0.6) is 0 Å². The molecule has 2 heterocycles. The molecule has 1 aromatic heterocycles. The van der Waals surface area contributed by atoms with E-state index in [1.54, 1.807) is 20.0 Å². The van der Waals surface area contributed by atoms with Crippen LogP contribution in [0.3, 0.4) is 0 Å². The lowest BCUT2D eigenvalue weighted by Crippen LogP contribution is -2.43. The Morgan fingerprint density at radius 3 is 3.05 bits per heavy atom. The third-order valence-corrected chi connectivity index (χ3v) is 3.42. The monoisotopic (exact) mass is 267 g/mol. The zero-order valence-corrected chi connectivity index (χ0v) is 10.9. The summed E-state index contributed by atoms with van der Waals surface area (Å²) < 4.78 is 5.31. The van der Waals surface area contributed by atoms with Crippen LogP contribution in [0.15, 0.2) is 12.3 Å². The molecule has 104 valence electrons. The maximum atomic E-state index is 11.0. The molecule has 0 amide bonds. The molecule has 0 spiro atoms. The van der Waals surface area contributed by atoms with Crippen molar-refractivity contribution in [1.82, 2.24) is 4.98 Å². The Bertz CT molecular complexity index is 494. The van der Waals surface area contributed by atoms with Gasteiger partial charge in [0.1, 0.15) is 5.60 Å². The minimum Gasteiger partial charge on any atom is -0.385 e. The number of aryl methyl sites for hydroxylation is 1. The van der Waals surface area contributed by atoms with Gasteiger partial charge in [0.25, 0.3) is 0 Å². The molecule has 2 unspecified atom stereocenters. The summed E-state index contributed by atoms with van der Waals surface area (Å²) in [6.45, 7) is 4.18. The number of rotatable bonds is 4. The van der Waals surface area contributed by atoms with Crippen LogP contribution in [0.1, 0.15) is 18.9 Å². The summed E-state index contributed by atoms with van der Waals surface area (Å²) in [6.07, 6.45) is 1.75. The summed E-state index contributed by atoms with van der Waals surface area (Å²) in [7, 11) is 0. The van der Waals surface area contributed by atoms with Crippen molar-refractivity contribution < 1.29 is 14.8 Å². The van der Waals surface area contributed by atoms with Crippen molar-refractivity contribution in [3.8, 4) is 0 Å². The molecule has 2 rings (SSSR count). The Balaban J connectivity index is 2.13. The molecule has 1 aliphatic rings. The number of pyridine rings is 1. The number of aromatic nitrogens is 1. The number of nitrogens with zero attached hydrogens (tertiary/aromatic N) is 2. The van der Waals surface area contributed by atoms with Crippen LogP contribution in [0.25, 0.3) is 0 Å². The molecule has 1 aliphatic heterocycles. The highest BCUT2D eigenvalue weighted by molar-refractivity contribution is 5.56. The Hall–Kier alpha value is -1.73. The highest BCUT2D eigenvalue weighted by Crippen LogP contribution is 2.28. The van der Waals surface area contributed by atoms with Crippen molar-refractivity contribution >= 4 is 11.5 Å². The van der Waals surface area contributed by atoms with E-state index in [0.29, 0.717) is 18.6 Å². The second kappa shape index (κ2) is 5.10. The fraction of sp³-hybridized carbons (Fsp3) is 0.583. The van der Waals surface area contributed by atoms with Gasteiger partial charge in [0.05, 0.1) is 11.0 Å². The lowest BCUT2D eigenvalue weighted by molar-refractivity contribution is -0.384. The third kappa shape index (κ3) is 2.82. The first-order valence-electron chi connectivity index (χ1n) is 6.11. The van der Waals surface area contributed by atoms with E-state index in [-0.39, 0.29) is 24.2 Å². The molecule has 1 fully saturated rings. The number of nitro groups is 1. The average molecular weight is 267 g/mol. The van der Waals surface area contributed by atoms with Crippen molar-refractivity contribution in [2.24, 2.45) is 0 Å². The SMILES string of the molecule is Cc1cnc(NCC2(O)CCOC2C)c([N+](=O)[O-])c1. The average Bonchev–Trinajstić information content (AvgIpc) is 2.68. The van der Waals surface area contributed by atoms with Crippen molar-refractivity contribution in [1.29, 1.82) is 0 Å². The molecule has 7 heteroatoms. The van der Waals surface area contributed by atoms with Crippen LogP contribution in [-0.2, 0) is 4.74 Å². The van der Waals surface area contributed by atoms with E-state index >= 15 is 0 Å². The zero-order chi connectivity index (χ0) is 14.0. The van der Waals surface area contributed by atoms with Crippen molar-refractivity contribution in [2.45, 2.75) is 32.0 Å². The molecule has 1 saturated heterocycles.